The van der Waals surface area contributed by atoms with Crippen LogP contribution in [0.1, 0.15) is 46.2 Å². The highest BCUT2D eigenvalue weighted by molar-refractivity contribution is 5.99. The number of esters is 1. The van der Waals surface area contributed by atoms with Crippen LogP contribution in [0.25, 0.3) is 22.0 Å². The second kappa shape index (κ2) is 14.4. The van der Waals surface area contributed by atoms with Gasteiger partial charge < -0.3 is 19.9 Å². The molecule has 0 fully saturated rings. The summed E-state index contributed by atoms with van der Waals surface area (Å²) < 4.78 is 159. The van der Waals surface area contributed by atoms with E-state index in [0.29, 0.717) is 24.3 Å². The number of rotatable bonds is 9. The van der Waals surface area contributed by atoms with E-state index in [4.69, 9.17) is 0 Å². The molecule has 1 amide bonds. The number of alkyl halides is 9. The van der Waals surface area contributed by atoms with Crippen LogP contribution in [0, 0.1) is 18.6 Å². The highest BCUT2D eigenvalue weighted by atomic mass is 19.4. The molecule has 0 bridgehead atoms. The molecule has 4 rings (SSSR count). The number of hydrogen-bond donors (Lipinski definition) is 2. The van der Waals surface area contributed by atoms with Gasteiger partial charge in [-0.25, -0.2) is 18.6 Å². The van der Waals surface area contributed by atoms with Gasteiger partial charge in [-0.2, -0.15) is 39.5 Å². The lowest BCUT2D eigenvalue weighted by molar-refractivity contribution is -0.143. The number of carbonyl (C=O) groups is 2. The predicted molar refractivity (Wildman–Crippen MR) is 164 cm³/mol. The van der Waals surface area contributed by atoms with Gasteiger partial charge in [0.25, 0.3) is 11.5 Å². The summed E-state index contributed by atoms with van der Waals surface area (Å²) >= 11 is 0. The molecule has 2 N–H and O–H groups in total. The second-order valence-electron chi connectivity index (χ2n) is 11.5. The largest absolute Gasteiger partial charge is 0.467 e. The number of amides is 1. The van der Waals surface area contributed by atoms with Crippen LogP contribution < -0.4 is 16.2 Å². The molecule has 0 spiro atoms. The Morgan fingerprint density at radius 3 is 2.06 bits per heavy atom. The lowest BCUT2D eigenvalue weighted by Gasteiger charge is -2.22. The van der Waals surface area contributed by atoms with E-state index < -0.39 is 112 Å². The van der Waals surface area contributed by atoms with Crippen molar-refractivity contribution in [1.29, 1.82) is 0 Å². The number of fused-ring (bicyclic) bond motifs is 1. The van der Waals surface area contributed by atoms with E-state index in [1.54, 1.807) is 0 Å². The zero-order chi connectivity index (χ0) is 39.1. The minimum absolute atomic E-state index is 0.118. The van der Waals surface area contributed by atoms with Crippen molar-refractivity contribution in [3.63, 3.8) is 0 Å². The second-order valence-corrected chi connectivity index (χ2v) is 11.5. The minimum atomic E-state index is -5.14. The van der Waals surface area contributed by atoms with E-state index in [0.717, 1.165) is 43.8 Å². The van der Waals surface area contributed by atoms with E-state index in [1.165, 1.54) is 6.92 Å². The van der Waals surface area contributed by atoms with E-state index >= 15 is 0 Å². The molecule has 0 aliphatic heterocycles. The zero-order valence-corrected chi connectivity index (χ0v) is 27.3. The predicted octanol–water partition coefficient (Wildman–Crippen LogP) is 7.49. The first-order chi connectivity index (χ1) is 24.0. The number of aromatic nitrogens is 2. The van der Waals surface area contributed by atoms with Crippen LogP contribution in [0.5, 0.6) is 0 Å². The molecule has 2 heterocycles. The number of hydrogen-bond acceptors (Lipinski definition) is 6. The van der Waals surface area contributed by atoms with Gasteiger partial charge in [0.15, 0.2) is 0 Å². The van der Waals surface area contributed by atoms with E-state index in [9.17, 15) is 62.7 Å². The molecular weight excluding hydrogens is 725 g/mol. The summed E-state index contributed by atoms with van der Waals surface area (Å²) in [5.41, 5.74) is -8.85. The van der Waals surface area contributed by atoms with Crippen molar-refractivity contribution in [2.24, 2.45) is 7.05 Å². The van der Waals surface area contributed by atoms with Crippen molar-refractivity contribution in [3.8, 4) is 11.1 Å². The van der Waals surface area contributed by atoms with Gasteiger partial charge in [0.05, 0.1) is 23.8 Å². The first-order valence-corrected chi connectivity index (χ1v) is 15.0. The molecule has 19 heteroatoms. The quantitative estimate of drug-likeness (QED) is 0.136. The molecule has 4 aromatic rings. The Kier molecular flexibility index (Phi) is 11.0. The Morgan fingerprint density at radius 1 is 0.923 bits per heavy atom. The molecule has 0 aliphatic rings. The Labute approximate surface area is 286 Å². The fourth-order valence-electron chi connectivity index (χ4n) is 5.39. The summed E-state index contributed by atoms with van der Waals surface area (Å²) in [4.78, 5) is 42.6. The van der Waals surface area contributed by atoms with Crippen LogP contribution >= 0.6 is 0 Å². The maximum Gasteiger partial charge on any atom is 0.433 e. The van der Waals surface area contributed by atoms with E-state index in [-0.39, 0.29) is 16.6 Å². The van der Waals surface area contributed by atoms with Crippen molar-refractivity contribution in [1.82, 2.24) is 14.9 Å². The Morgan fingerprint density at radius 2 is 1.54 bits per heavy atom. The first-order valence-electron chi connectivity index (χ1n) is 15.0. The third kappa shape index (κ3) is 8.12. The molecule has 8 nitrogen and oxygen atoms in total. The van der Waals surface area contributed by atoms with Gasteiger partial charge in [0, 0.05) is 35.8 Å². The van der Waals surface area contributed by atoms with Crippen LogP contribution in [0.15, 0.2) is 47.3 Å². The minimum Gasteiger partial charge on any atom is -0.467 e. The molecular formula is C33H27F11N4O4. The average molecular weight is 753 g/mol. The lowest BCUT2D eigenvalue weighted by Crippen LogP contribution is -2.43. The number of nitrogens with zero attached hydrogens (tertiary/aromatic N) is 2. The highest BCUT2D eigenvalue weighted by Gasteiger charge is 2.40. The molecule has 2 aromatic carbocycles. The Bertz CT molecular complexity index is 2070. The SMILES string of the molecule is CC[C@@H](Nc1cc(F)c(C(=O)N[C@@H](Cc2ccc(-c3c(C(F)(F)F)cc(C)n(C)c3=O)c3nc(C(F)(F)F)ccc23)C(=O)OC)c(F)c1)C(F)(F)F. The van der Waals surface area contributed by atoms with Crippen molar-refractivity contribution < 1.29 is 62.6 Å². The number of anilines is 1. The van der Waals surface area contributed by atoms with Gasteiger partial charge in [0.2, 0.25) is 0 Å². The lowest BCUT2D eigenvalue weighted by atomic mass is 9.92. The first kappa shape index (κ1) is 39.6. The van der Waals surface area contributed by atoms with Crippen LogP contribution in [0.2, 0.25) is 0 Å². The van der Waals surface area contributed by atoms with Crippen LogP contribution in [0.4, 0.5) is 54.0 Å². The number of halogens is 11. The number of benzene rings is 2. The summed E-state index contributed by atoms with van der Waals surface area (Å²) in [7, 11) is 2.01. The number of nitrogens with one attached hydrogen (secondary N) is 2. The van der Waals surface area contributed by atoms with Crippen molar-refractivity contribution in [2.75, 3.05) is 12.4 Å². The van der Waals surface area contributed by atoms with Gasteiger partial charge in [-0.15, -0.1) is 0 Å². The number of aryl methyl sites for hydroxylation is 1. The molecule has 280 valence electrons. The summed E-state index contributed by atoms with van der Waals surface area (Å²) in [6.07, 6.45) is -16.2. The fraction of sp³-hybridized carbons (Fsp3) is 0.333. The number of ether oxygens (including phenoxy) is 1. The summed E-state index contributed by atoms with van der Waals surface area (Å²) in [6, 6.07) is 0.665. The van der Waals surface area contributed by atoms with E-state index in [1.807, 2.05) is 10.6 Å². The standard InChI is InChI=1S/C33H27F11N4O4/c1-5-23(32(39,40)41)45-16-12-20(34)26(21(35)13-16)28(49)46-22(30(51)52-4)11-15-6-7-18(27-17(15)8-9-24(47-27)33(42,43)44)25-19(31(36,37)38)10-14(2)48(3)29(25)50/h6-10,12-13,22-23,45H,5,11H2,1-4H3,(H,46,49)/t22-,23+/m0/s1. The number of pyridine rings is 2. The molecule has 2 atom stereocenters. The smallest absolute Gasteiger partial charge is 0.433 e. The molecule has 0 radical (unpaired) electrons. The van der Waals surface area contributed by atoms with Crippen molar-refractivity contribution in [2.45, 2.75) is 57.3 Å². The Balaban J connectivity index is 1.82. The molecule has 0 aliphatic carbocycles. The third-order valence-electron chi connectivity index (χ3n) is 8.11. The summed E-state index contributed by atoms with van der Waals surface area (Å²) in [5.74, 6) is -6.08. The van der Waals surface area contributed by atoms with Crippen LogP contribution in [-0.4, -0.2) is 46.8 Å². The average Bonchev–Trinajstić information content (AvgIpc) is 3.03. The van der Waals surface area contributed by atoms with Crippen LogP contribution in [0.3, 0.4) is 0 Å². The van der Waals surface area contributed by atoms with Gasteiger partial charge in [-0.05, 0) is 43.2 Å². The van der Waals surface area contributed by atoms with E-state index in [2.05, 4.69) is 9.72 Å². The number of methoxy groups -OCH3 is 1. The molecule has 0 saturated carbocycles. The van der Waals surface area contributed by atoms with Gasteiger partial charge >= 0.3 is 24.5 Å². The maximum atomic E-state index is 15.0. The van der Waals surface area contributed by atoms with Gasteiger partial charge in [0.1, 0.15) is 35.0 Å². The Hall–Kier alpha value is -5.23. The molecule has 52 heavy (non-hydrogen) atoms. The normalized spacial score (nSPS) is 13.5. The van der Waals surface area contributed by atoms with Gasteiger partial charge in [-0.3, -0.25) is 9.59 Å². The highest BCUT2D eigenvalue weighted by Crippen LogP contribution is 2.40. The monoisotopic (exact) mass is 752 g/mol. The van der Waals surface area contributed by atoms with Crippen LogP contribution in [-0.2, 0) is 35.4 Å². The molecule has 0 saturated heterocycles. The maximum absolute atomic E-state index is 15.0. The fourth-order valence-corrected chi connectivity index (χ4v) is 5.39. The third-order valence-corrected chi connectivity index (χ3v) is 8.11. The summed E-state index contributed by atoms with van der Waals surface area (Å²) in [5, 5.41) is 3.63. The molecule has 0 unspecified atom stereocenters. The van der Waals surface area contributed by atoms with Crippen molar-refractivity contribution in [3.05, 3.63) is 92.5 Å². The van der Waals surface area contributed by atoms with Gasteiger partial charge in [-0.1, -0.05) is 25.1 Å². The zero-order valence-electron chi connectivity index (χ0n) is 27.3. The topological polar surface area (TPSA) is 102 Å². The molecule has 2 aromatic heterocycles. The van der Waals surface area contributed by atoms with Crippen molar-refractivity contribution >= 4 is 28.5 Å². The number of carbonyl (C=O) groups excluding carboxylic acids is 2. The summed E-state index contributed by atoms with van der Waals surface area (Å²) in [6.45, 7) is 2.37.